The van der Waals surface area contributed by atoms with E-state index in [9.17, 15) is 4.79 Å². The van der Waals surface area contributed by atoms with E-state index >= 15 is 0 Å². The molecule has 0 heterocycles. The van der Waals surface area contributed by atoms with Gasteiger partial charge in [0, 0.05) is 0 Å². The smallest absolute Gasteiger partial charge is 0.243 e. The maximum Gasteiger partial charge on any atom is 0.243 e. The number of benzene rings is 2. The van der Waals surface area contributed by atoms with Crippen molar-refractivity contribution in [3.63, 3.8) is 0 Å². The summed E-state index contributed by atoms with van der Waals surface area (Å²) in [6, 6.07) is 10.5. The molecular formula is C18H19Cl3N2O2. The standard InChI is InChI=1S/C18H19Cl3N2O2/c1-2-3-8-25-17-7-5-4-6-15(17)22-11-18(24)23-16-10-13(20)12(19)9-14(16)21/h4-7,9-10,22H,2-3,8,11H2,1H3,(H,23,24). The van der Waals surface area contributed by atoms with Gasteiger partial charge in [-0.2, -0.15) is 0 Å². The van der Waals surface area contributed by atoms with Gasteiger partial charge in [0.25, 0.3) is 0 Å². The lowest BCUT2D eigenvalue weighted by Crippen LogP contribution is -2.22. The molecule has 0 aliphatic carbocycles. The van der Waals surface area contributed by atoms with Crippen LogP contribution in [-0.2, 0) is 4.79 Å². The van der Waals surface area contributed by atoms with E-state index < -0.39 is 0 Å². The molecule has 1 amide bonds. The molecule has 0 radical (unpaired) electrons. The highest BCUT2D eigenvalue weighted by Gasteiger charge is 2.10. The Balaban J connectivity index is 1.95. The monoisotopic (exact) mass is 400 g/mol. The van der Waals surface area contributed by atoms with Crippen LogP contribution in [0.4, 0.5) is 11.4 Å². The molecule has 0 unspecified atom stereocenters. The van der Waals surface area contributed by atoms with Gasteiger partial charge in [-0.05, 0) is 30.7 Å². The van der Waals surface area contributed by atoms with Crippen LogP contribution < -0.4 is 15.4 Å². The zero-order chi connectivity index (χ0) is 18.2. The SMILES string of the molecule is CCCCOc1ccccc1NCC(=O)Nc1cc(Cl)c(Cl)cc1Cl. The fraction of sp³-hybridized carbons (Fsp3) is 0.278. The Morgan fingerprint density at radius 1 is 1.04 bits per heavy atom. The lowest BCUT2D eigenvalue weighted by molar-refractivity contribution is -0.114. The average molecular weight is 402 g/mol. The van der Waals surface area contributed by atoms with Crippen molar-refractivity contribution >= 4 is 52.1 Å². The van der Waals surface area contributed by atoms with Crippen LogP contribution in [0, 0.1) is 0 Å². The van der Waals surface area contributed by atoms with E-state index in [0.717, 1.165) is 24.3 Å². The Labute approximate surface area is 162 Å². The molecule has 0 aliphatic heterocycles. The lowest BCUT2D eigenvalue weighted by atomic mass is 10.3. The minimum absolute atomic E-state index is 0.0602. The van der Waals surface area contributed by atoms with Gasteiger partial charge in [0.2, 0.25) is 5.91 Å². The van der Waals surface area contributed by atoms with Crippen molar-refractivity contribution in [1.82, 2.24) is 0 Å². The molecule has 0 saturated carbocycles. The van der Waals surface area contributed by atoms with Gasteiger partial charge >= 0.3 is 0 Å². The number of anilines is 2. The normalized spacial score (nSPS) is 10.4. The fourth-order valence-corrected chi connectivity index (χ4v) is 2.65. The summed E-state index contributed by atoms with van der Waals surface area (Å²) >= 11 is 17.9. The average Bonchev–Trinajstić information content (AvgIpc) is 2.59. The van der Waals surface area contributed by atoms with Crippen LogP contribution in [0.5, 0.6) is 5.75 Å². The third kappa shape index (κ3) is 5.99. The van der Waals surface area contributed by atoms with E-state index in [0.29, 0.717) is 27.4 Å². The van der Waals surface area contributed by atoms with Gasteiger partial charge in [0.05, 0.1) is 39.6 Å². The number of para-hydroxylation sites is 2. The molecule has 0 saturated heterocycles. The molecule has 25 heavy (non-hydrogen) atoms. The topological polar surface area (TPSA) is 50.4 Å². The van der Waals surface area contributed by atoms with E-state index in [1.165, 1.54) is 12.1 Å². The predicted octanol–water partition coefficient (Wildman–Crippen LogP) is 5.88. The Morgan fingerprint density at radius 2 is 1.76 bits per heavy atom. The fourth-order valence-electron chi connectivity index (χ4n) is 2.05. The minimum atomic E-state index is -0.261. The van der Waals surface area contributed by atoms with E-state index in [1.807, 2.05) is 24.3 Å². The van der Waals surface area contributed by atoms with Crippen molar-refractivity contribution in [2.45, 2.75) is 19.8 Å². The quantitative estimate of drug-likeness (QED) is 0.429. The highest BCUT2D eigenvalue weighted by molar-refractivity contribution is 6.44. The summed E-state index contributed by atoms with van der Waals surface area (Å²) in [4.78, 5) is 12.2. The summed E-state index contributed by atoms with van der Waals surface area (Å²) in [7, 11) is 0. The van der Waals surface area contributed by atoms with Gasteiger partial charge in [0.15, 0.2) is 0 Å². The molecule has 2 N–H and O–H groups in total. The molecule has 2 aromatic carbocycles. The molecule has 7 heteroatoms. The molecule has 0 aromatic heterocycles. The largest absolute Gasteiger partial charge is 0.491 e. The van der Waals surface area contributed by atoms with Gasteiger partial charge in [-0.1, -0.05) is 60.3 Å². The van der Waals surface area contributed by atoms with E-state index in [4.69, 9.17) is 39.5 Å². The number of halogens is 3. The van der Waals surface area contributed by atoms with Crippen molar-refractivity contribution in [1.29, 1.82) is 0 Å². The Hall–Kier alpha value is -1.62. The van der Waals surface area contributed by atoms with Crippen LogP contribution in [0.2, 0.25) is 15.1 Å². The first-order chi connectivity index (χ1) is 12.0. The molecule has 2 rings (SSSR count). The molecular weight excluding hydrogens is 383 g/mol. The summed E-state index contributed by atoms with van der Waals surface area (Å²) in [6.07, 6.45) is 2.03. The summed E-state index contributed by atoms with van der Waals surface area (Å²) in [5, 5.41) is 6.75. The number of unbranched alkanes of at least 4 members (excludes halogenated alkanes) is 1. The number of nitrogens with one attached hydrogen (secondary N) is 2. The Bertz CT molecular complexity index is 738. The Kier molecular flexibility index (Phi) is 7.69. The highest BCUT2D eigenvalue weighted by atomic mass is 35.5. The van der Waals surface area contributed by atoms with Crippen molar-refractivity contribution < 1.29 is 9.53 Å². The van der Waals surface area contributed by atoms with Gasteiger partial charge < -0.3 is 15.4 Å². The van der Waals surface area contributed by atoms with Crippen molar-refractivity contribution in [2.75, 3.05) is 23.8 Å². The summed E-state index contributed by atoms with van der Waals surface area (Å²) in [5.74, 6) is 0.458. The molecule has 4 nitrogen and oxygen atoms in total. The molecule has 0 aliphatic rings. The molecule has 0 bridgehead atoms. The van der Waals surface area contributed by atoms with Gasteiger partial charge in [-0.15, -0.1) is 0 Å². The number of rotatable bonds is 8. The maximum absolute atomic E-state index is 12.2. The van der Waals surface area contributed by atoms with Crippen LogP contribution in [0.15, 0.2) is 36.4 Å². The van der Waals surface area contributed by atoms with Crippen LogP contribution in [0.3, 0.4) is 0 Å². The van der Waals surface area contributed by atoms with E-state index in [-0.39, 0.29) is 12.5 Å². The maximum atomic E-state index is 12.2. The third-order valence-corrected chi connectivity index (χ3v) is 4.40. The summed E-state index contributed by atoms with van der Waals surface area (Å²) in [5.41, 5.74) is 1.17. The highest BCUT2D eigenvalue weighted by Crippen LogP contribution is 2.32. The molecule has 0 atom stereocenters. The molecule has 134 valence electrons. The number of hydrogen-bond donors (Lipinski definition) is 2. The number of amides is 1. The Morgan fingerprint density at radius 3 is 2.52 bits per heavy atom. The second-order valence-corrected chi connectivity index (χ2v) is 6.57. The van der Waals surface area contributed by atoms with Crippen molar-refractivity contribution in [3.05, 3.63) is 51.5 Å². The van der Waals surface area contributed by atoms with Crippen molar-refractivity contribution in [3.8, 4) is 5.75 Å². The van der Waals surface area contributed by atoms with E-state index in [1.54, 1.807) is 0 Å². The first-order valence-corrected chi connectivity index (χ1v) is 9.04. The number of carbonyl (C=O) groups excluding carboxylic acids is 1. The molecule has 2 aromatic rings. The van der Waals surface area contributed by atoms with Crippen LogP contribution in [-0.4, -0.2) is 19.1 Å². The predicted molar refractivity (Wildman–Crippen MR) is 105 cm³/mol. The third-order valence-electron chi connectivity index (χ3n) is 3.37. The summed E-state index contributed by atoms with van der Waals surface area (Å²) in [6.45, 7) is 2.80. The molecule has 0 spiro atoms. The van der Waals surface area contributed by atoms with Crippen molar-refractivity contribution in [2.24, 2.45) is 0 Å². The number of hydrogen-bond acceptors (Lipinski definition) is 3. The van der Waals surface area contributed by atoms with Crippen LogP contribution >= 0.6 is 34.8 Å². The summed E-state index contributed by atoms with van der Waals surface area (Å²) < 4.78 is 5.73. The number of carbonyl (C=O) groups is 1. The van der Waals surface area contributed by atoms with E-state index in [2.05, 4.69) is 17.6 Å². The van der Waals surface area contributed by atoms with Gasteiger partial charge in [-0.3, -0.25) is 4.79 Å². The van der Waals surface area contributed by atoms with Crippen LogP contribution in [0.1, 0.15) is 19.8 Å². The van der Waals surface area contributed by atoms with Gasteiger partial charge in [0.1, 0.15) is 5.75 Å². The first kappa shape index (κ1) is 19.7. The zero-order valence-electron chi connectivity index (χ0n) is 13.7. The lowest BCUT2D eigenvalue weighted by Gasteiger charge is -2.13. The number of ether oxygens (including phenoxy) is 1. The second kappa shape index (κ2) is 9.76. The second-order valence-electron chi connectivity index (χ2n) is 5.35. The first-order valence-electron chi connectivity index (χ1n) is 7.91. The van der Waals surface area contributed by atoms with Crippen LogP contribution in [0.25, 0.3) is 0 Å². The van der Waals surface area contributed by atoms with Gasteiger partial charge in [-0.25, -0.2) is 0 Å². The zero-order valence-corrected chi connectivity index (χ0v) is 16.0. The minimum Gasteiger partial charge on any atom is -0.491 e. The molecule has 0 fully saturated rings.